The Hall–Kier alpha value is 0.360. The third-order valence-corrected chi connectivity index (χ3v) is 4.40. The van der Waals surface area contributed by atoms with Crippen LogP contribution in [0, 0.1) is 0 Å². The zero-order valence-corrected chi connectivity index (χ0v) is 16.5. The molecule has 0 radical (unpaired) electrons. The Bertz CT molecular complexity index is 211. The fourth-order valence-corrected chi connectivity index (χ4v) is 2.92. The van der Waals surface area contributed by atoms with Crippen molar-refractivity contribution >= 4 is 17.0 Å². The number of ether oxygens (including phenoxy) is 1. The van der Waals surface area contributed by atoms with Gasteiger partial charge in [0.05, 0.1) is 6.61 Å². The first-order chi connectivity index (χ1) is 10.4. The van der Waals surface area contributed by atoms with E-state index in [0.717, 1.165) is 32.8 Å². The zero-order chi connectivity index (χ0) is 15.0. The summed E-state index contributed by atoms with van der Waals surface area (Å²) in [6.45, 7) is 9.91. The molecule has 134 valence electrons. The predicted molar refractivity (Wildman–Crippen MR) is 102 cm³/mol. The van der Waals surface area contributed by atoms with Gasteiger partial charge in [-0.05, 0) is 6.42 Å². The van der Waals surface area contributed by atoms with Gasteiger partial charge in [0, 0.05) is 39.3 Å². The average molecular weight is 379 g/mol. The molecule has 1 fully saturated rings. The Balaban J connectivity index is 0.00000441. The summed E-state index contributed by atoms with van der Waals surface area (Å²) in [5.41, 5.74) is 0. The molecule has 22 heavy (non-hydrogen) atoms. The Morgan fingerprint density at radius 1 is 0.773 bits per heavy atom. The quantitative estimate of drug-likeness (QED) is 0.453. The molecule has 0 aliphatic carbocycles. The molecule has 0 saturated carbocycles. The van der Waals surface area contributed by atoms with Gasteiger partial charge >= 0.3 is 0 Å². The second-order valence-corrected chi connectivity index (χ2v) is 6.39. The van der Waals surface area contributed by atoms with Crippen LogP contribution in [0.15, 0.2) is 0 Å². The summed E-state index contributed by atoms with van der Waals surface area (Å²) >= 11 is 0. The highest BCUT2D eigenvalue weighted by Crippen LogP contribution is 2.10. The Labute approximate surface area is 149 Å². The minimum Gasteiger partial charge on any atom is -0.380 e. The normalized spacial score (nSPS) is 15.7. The molecule has 0 aromatic carbocycles. The van der Waals surface area contributed by atoms with E-state index in [-0.39, 0.29) is 17.0 Å². The van der Waals surface area contributed by atoms with Crippen LogP contribution in [0.5, 0.6) is 0 Å². The summed E-state index contributed by atoms with van der Waals surface area (Å²) in [5.74, 6) is 0. The Morgan fingerprint density at radius 2 is 1.32 bits per heavy atom. The number of halogens is 1. The van der Waals surface area contributed by atoms with Crippen molar-refractivity contribution in [2.75, 3.05) is 45.9 Å². The van der Waals surface area contributed by atoms with Gasteiger partial charge in [-0.1, -0.05) is 64.7 Å². The molecular weight excluding hydrogens is 340 g/mol. The van der Waals surface area contributed by atoms with Gasteiger partial charge in [-0.3, -0.25) is 4.90 Å². The summed E-state index contributed by atoms with van der Waals surface area (Å²) in [4.78, 5) is 2.50. The minimum absolute atomic E-state index is 0. The molecular formula is C18H39BrN2O. The summed E-state index contributed by atoms with van der Waals surface area (Å²) in [5, 5.41) is 3.38. The highest BCUT2D eigenvalue weighted by atomic mass is 79.9. The molecule has 1 saturated heterocycles. The lowest BCUT2D eigenvalue weighted by Crippen LogP contribution is -2.44. The van der Waals surface area contributed by atoms with E-state index in [1.54, 1.807) is 0 Å². The molecule has 0 spiro atoms. The number of nitrogens with one attached hydrogen (secondary N) is 1. The lowest BCUT2D eigenvalue weighted by Gasteiger charge is -2.26. The molecule has 1 N–H and O–H groups in total. The van der Waals surface area contributed by atoms with Crippen molar-refractivity contribution in [3.63, 3.8) is 0 Å². The molecule has 1 aliphatic heterocycles. The summed E-state index contributed by atoms with van der Waals surface area (Å²) in [7, 11) is 0. The Morgan fingerprint density at radius 3 is 1.91 bits per heavy atom. The first kappa shape index (κ1) is 22.4. The van der Waals surface area contributed by atoms with Crippen molar-refractivity contribution in [3.05, 3.63) is 0 Å². The van der Waals surface area contributed by atoms with E-state index in [9.17, 15) is 0 Å². The van der Waals surface area contributed by atoms with Gasteiger partial charge in [0.2, 0.25) is 0 Å². The Kier molecular flexibility index (Phi) is 18.0. The summed E-state index contributed by atoms with van der Waals surface area (Å²) < 4.78 is 5.75. The van der Waals surface area contributed by atoms with Crippen LogP contribution in [0.2, 0.25) is 0 Å². The van der Waals surface area contributed by atoms with Crippen molar-refractivity contribution in [2.45, 2.75) is 71.1 Å². The molecule has 4 heteroatoms. The van der Waals surface area contributed by atoms with E-state index >= 15 is 0 Å². The minimum atomic E-state index is 0. The third kappa shape index (κ3) is 14.0. The average Bonchev–Trinajstić information content (AvgIpc) is 2.53. The smallest absolute Gasteiger partial charge is 0.0593 e. The topological polar surface area (TPSA) is 24.5 Å². The van der Waals surface area contributed by atoms with E-state index in [1.165, 1.54) is 77.3 Å². The number of hydrogen-bond acceptors (Lipinski definition) is 3. The lowest BCUT2D eigenvalue weighted by molar-refractivity contribution is 0.0962. The molecule has 1 rings (SSSR count). The monoisotopic (exact) mass is 378 g/mol. The maximum Gasteiger partial charge on any atom is 0.0593 e. The van der Waals surface area contributed by atoms with Gasteiger partial charge < -0.3 is 10.1 Å². The number of piperazine rings is 1. The largest absolute Gasteiger partial charge is 0.380 e. The van der Waals surface area contributed by atoms with Crippen LogP contribution >= 0.6 is 17.0 Å². The lowest BCUT2D eigenvalue weighted by atomic mass is 10.1. The van der Waals surface area contributed by atoms with E-state index in [2.05, 4.69) is 17.1 Å². The van der Waals surface area contributed by atoms with Crippen molar-refractivity contribution in [1.29, 1.82) is 0 Å². The van der Waals surface area contributed by atoms with Gasteiger partial charge in [-0.25, -0.2) is 0 Å². The fraction of sp³-hybridized carbons (Fsp3) is 1.00. The van der Waals surface area contributed by atoms with Crippen molar-refractivity contribution in [3.8, 4) is 0 Å². The number of nitrogens with zero attached hydrogens (tertiary/aromatic N) is 1. The molecule has 3 nitrogen and oxygen atoms in total. The van der Waals surface area contributed by atoms with Gasteiger partial charge in [-0.2, -0.15) is 0 Å². The zero-order valence-electron chi connectivity index (χ0n) is 14.8. The van der Waals surface area contributed by atoms with Crippen LogP contribution in [0.1, 0.15) is 71.1 Å². The van der Waals surface area contributed by atoms with Gasteiger partial charge in [0.25, 0.3) is 0 Å². The standard InChI is InChI=1S/C18H38N2O.BrH/c1-2-3-4-5-6-7-8-9-10-11-17-21-18-16-20-14-12-19-13-15-20;/h19H,2-18H2,1H3;1H. The second-order valence-electron chi connectivity index (χ2n) is 6.39. The molecule has 1 aliphatic rings. The van der Waals surface area contributed by atoms with E-state index in [0.29, 0.717) is 0 Å². The third-order valence-electron chi connectivity index (χ3n) is 4.40. The van der Waals surface area contributed by atoms with Crippen molar-refractivity contribution in [2.24, 2.45) is 0 Å². The summed E-state index contributed by atoms with van der Waals surface area (Å²) in [6.07, 6.45) is 14.0. The highest BCUT2D eigenvalue weighted by molar-refractivity contribution is 8.93. The van der Waals surface area contributed by atoms with Crippen LogP contribution in [-0.4, -0.2) is 50.8 Å². The van der Waals surface area contributed by atoms with E-state index in [1.807, 2.05) is 0 Å². The van der Waals surface area contributed by atoms with Crippen LogP contribution < -0.4 is 5.32 Å². The van der Waals surface area contributed by atoms with Crippen molar-refractivity contribution in [1.82, 2.24) is 10.2 Å². The molecule has 0 aromatic rings. The van der Waals surface area contributed by atoms with Crippen LogP contribution in [0.4, 0.5) is 0 Å². The predicted octanol–water partition coefficient (Wildman–Crippen LogP) is 4.41. The molecule has 1 heterocycles. The summed E-state index contributed by atoms with van der Waals surface area (Å²) in [6, 6.07) is 0. The first-order valence-corrected chi connectivity index (χ1v) is 9.44. The number of hydrogen-bond donors (Lipinski definition) is 1. The number of unbranched alkanes of at least 4 members (excludes halogenated alkanes) is 9. The van der Waals surface area contributed by atoms with Crippen LogP contribution in [0.3, 0.4) is 0 Å². The van der Waals surface area contributed by atoms with E-state index < -0.39 is 0 Å². The van der Waals surface area contributed by atoms with Crippen LogP contribution in [0.25, 0.3) is 0 Å². The van der Waals surface area contributed by atoms with Gasteiger partial charge in [-0.15, -0.1) is 17.0 Å². The molecule has 0 bridgehead atoms. The maximum absolute atomic E-state index is 5.75. The van der Waals surface area contributed by atoms with Crippen molar-refractivity contribution < 1.29 is 4.74 Å². The SMILES string of the molecule is Br.CCCCCCCCCCCCOCCN1CCNCC1. The molecule has 0 atom stereocenters. The van der Waals surface area contributed by atoms with Gasteiger partial charge in [0.1, 0.15) is 0 Å². The molecule has 0 aromatic heterocycles. The molecule has 0 unspecified atom stereocenters. The highest BCUT2D eigenvalue weighted by Gasteiger charge is 2.08. The fourth-order valence-electron chi connectivity index (χ4n) is 2.92. The molecule has 0 amide bonds. The maximum atomic E-state index is 5.75. The van der Waals surface area contributed by atoms with Gasteiger partial charge in [0.15, 0.2) is 0 Å². The van der Waals surface area contributed by atoms with Crippen LogP contribution in [-0.2, 0) is 4.74 Å². The second kappa shape index (κ2) is 17.7. The number of rotatable bonds is 14. The van der Waals surface area contributed by atoms with E-state index in [4.69, 9.17) is 4.74 Å². The first-order valence-electron chi connectivity index (χ1n) is 9.44.